The maximum absolute atomic E-state index is 11.4. The number of hydrogen-bond donors (Lipinski definition) is 2. The molecule has 0 saturated heterocycles. The van der Waals surface area contributed by atoms with Gasteiger partial charge in [0.05, 0.1) is 5.41 Å². The minimum Gasteiger partial charge on any atom is -0.481 e. The number of rotatable bonds is 17. The van der Waals surface area contributed by atoms with Gasteiger partial charge in [-0.25, -0.2) is 0 Å². The minimum atomic E-state index is -0.720. The van der Waals surface area contributed by atoms with Gasteiger partial charge < -0.3 is 10.2 Å². The van der Waals surface area contributed by atoms with E-state index in [0.29, 0.717) is 18.3 Å². The van der Waals surface area contributed by atoms with Crippen LogP contribution in [0.25, 0.3) is 0 Å². The summed E-state index contributed by atoms with van der Waals surface area (Å²) in [4.78, 5) is 22.2. The standard InChI is InChI=1S/C30H42O4/c1-30(2,29(33)34)23-15-7-13-21-27(25-18-10-6-11-19-25)26(24-16-8-5-9-17-24)20-12-3-4-14-22-28(31)32/h5-6,8-11,16-19,26-27H,3-4,7,12-15,20-23H2,1-2H3,(H,31,32)(H,33,34). The molecule has 4 heteroatoms. The maximum Gasteiger partial charge on any atom is 0.309 e. The largest absolute Gasteiger partial charge is 0.481 e. The molecule has 2 unspecified atom stereocenters. The summed E-state index contributed by atoms with van der Waals surface area (Å²) in [5, 5.41) is 18.2. The third-order valence-electron chi connectivity index (χ3n) is 6.99. The number of benzene rings is 2. The Bertz CT molecular complexity index is 845. The quantitative estimate of drug-likeness (QED) is 0.231. The SMILES string of the molecule is CC(C)(CCCCCC(c1ccccc1)C(CCCCCCC(=O)O)c1ccccc1)C(=O)O. The van der Waals surface area contributed by atoms with E-state index in [-0.39, 0.29) is 6.42 Å². The van der Waals surface area contributed by atoms with Gasteiger partial charge in [-0.2, -0.15) is 0 Å². The van der Waals surface area contributed by atoms with Gasteiger partial charge in [0, 0.05) is 6.42 Å². The van der Waals surface area contributed by atoms with Gasteiger partial charge >= 0.3 is 11.9 Å². The van der Waals surface area contributed by atoms with E-state index >= 15 is 0 Å². The van der Waals surface area contributed by atoms with E-state index in [0.717, 1.165) is 57.8 Å². The Kier molecular flexibility index (Phi) is 11.9. The molecule has 0 saturated carbocycles. The van der Waals surface area contributed by atoms with Crippen LogP contribution in [0.3, 0.4) is 0 Å². The highest BCUT2D eigenvalue weighted by atomic mass is 16.4. The Labute approximate surface area is 205 Å². The number of carboxylic acid groups (broad SMARTS) is 2. The summed E-state index contributed by atoms with van der Waals surface area (Å²) in [6, 6.07) is 21.5. The van der Waals surface area contributed by atoms with Gasteiger partial charge in [-0.05, 0) is 62.5 Å². The molecule has 0 spiro atoms. The van der Waals surface area contributed by atoms with Crippen LogP contribution in [0.15, 0.2) is 60.7 Å². The van der Waals surface area contributed by atoms with Crippen molar-refractivity contribution in [3.8, 4) is 0 Å². The van der Waals surface area contributed by atoms with E-state index in [4.69, 9.17) is 5.11 Å². The van der Waals surface area contributed by atoms with Gasteiger partial charge in [0.2, 0.25) is 0 Å². The summed E-state index contributed by atoms with van der Waals surface area (Å²) in [5.74, 6) is -0.603. The average Bonchev–Trinajstić information content (AvgIpc) is 2.82. The molecule has 0 amide bonds. The van der Waals surface area contributed by atoms with Crippen molar-refractivity contribution < 1.29 is 19.8 Å². The van der Waals surface area contributed by atoms with Crippen LogP contribution >= 0.6 is 0 Å². The van der Waals surface area contributed by atoms with E-state index in [9.17, 15) is 14.7 Å². The number of carbonyl (C=O) groups is 2. The first-order chi connectivity index (χ1) is 16.3. The fourth-order valence-corrected chi connectivity index (χ4v) is 4.81. The van der Waals surface area contributed by atoms with Crippen molar-refractivity contribution in [3.63, 3.8) is 0 Å². The normalized spacial score (nSPS) is 13.4. The molecule has 0 fully saturated rings. The van der Waals surface area contributed by atoms with Gasteiger partial charge in [0.1, 0.15) is 0 Å². The van der Waals surface area contributed by atoms with E-state index in [1.807, 2.05) is 13.8 Å². The van der Waals surface area contributed by atoms with Crippen molar-refractivity contribution in [2.45, 2.75) is 96.3 Å². The zero-order chi connectivity index (χ0) is 24.8. The van der Waals surface area contributed by atoms with Crippen LogP contribution in [-0.2, 0) is 9.59 Å². The van der Waals surface area contributed by atoms with Gasteiger partial charge in [-0.3, -0.25) is 9.59 Å². The summed E-state index contributed by atoms with van der Waals surface area (Å²) in [5.41, 5.74) is 2.08. The molecule has 2 N–H and O–H groups in total. The molecule has 0 aliphatic rings. The number of aliphatic carboxylic acids is 2. The molecule has 2 atom stereocenters. The van der Waals surface area contributed by atoms with Gasteiger partial charge in [-0.15, -0.1) is 0 Å². The topological polar surface area (TPSA) is 74.6 Å². The minimum absolute atomic E-state index is 0.257. The Hall–Kier alpha value is -2.62. The predicted octanol–water partition coefficient (Wildman–Crippen LogP) is 8.04. The lowest BCUT2D eigenvalue weighted by Gasteiger charge is -2.29. The lowest BCUT2D eigenvalue weighted by molar-refractivity contribution is -0.147. The van der Waals surface area contributed by atoms with Crippen molar-refractivity contribution in [3.05, 3.63) is 71.8 Å². The smallest absolute Gasteiger partial charge is 0.309 e. The summed E-state index contributed by atoms with van der Waals surface area (Å²) in [6.45, 7) is 3.62. The molecule has 0 radical (unpaired) electrons. The fourth-order valence-electron chi connectivity index (χ4n) is 4.81. The number of hydrogen-bond acceptors (Lipinski definition) is 2. The Morgan fingerprint density at radius 3 is 1.56 bits per heavy atom. The second-order valence-electron chi connectivity index (χ2n) is 10.2. The van der Waals surface area contributed by atoms with Crippen LogP contribution in [0.5, 0.6) is 0 Å². The lowest BCUT2D eigenvalue weighted by atomic mass is 9.75. The second kappa shape index (κ2) is 14.6. The highest BCUT2D eigenvalue weighted by molar-refractivity contribution is 5.73. The predicted molar refractivity (Wildman–Crippen MR) is 138 cm³/mol. The van der Waals surface area contributed by atoms with Gasteiger partial charge in [0.25, 0.3) is 0 Å². The molecule has 0 heterocycles. The maximum atomic E-state index is 11.4. The molecule has 0 aliphatic heterocycles. The second-order valence-corrected chi connectivity index (χ2v) is 10.2. The van der Waals surface area contributed by atoms with Crippen LogP contribution in [0.1, 0.15) is 107 Å². The third kappa shape index (κ3) is 9.70. The summed E-state index contributed by atoms with van der Waals surface area (Å²) in [7, 11) is 0. The van der Waals surface area contributed by atoms with E-state index < -0.39 is 17.4 Å². The Morgan fingerprint density at radius 1 is 0.676 bits per heavy atom. The number of carboxylic acids is 2. The molecule has 0 aromatic heterocycles. The molecule has 0 bridgehead atoms. The van der Waals surface area contributed by atoms with E-state index in [2.05, 4.69) is 60.7 Å². The first-order valence-corrected chi connectivity index (χ1v) is 12.9. The van der Waals surface area contributed by atoms with E-state index in [1.54, 1.807) is 0 Å². The summed E-state index contributed by atoms with van der Waals surface area (Å²) < 4.78 is 0. The molecule has 0 aliphatic carbocycles. The van der Waals surface area contributed by atoms with Crippen molar-refractivity contribution >= 4 is 11.9 Å². The van der Waals surface area contributed by atoms with Crippen LogP contribution in [-0.4, -0.2) is 22.2 Å². The van der Waals surface area contributed by atoms with E-state index in [1.165, 1.54) is 11.1 Å². The van der Waals surface area contributed by atoms with Crippen molar-refractivity contribution in [1.82, 2.24) is 0 Å². The molecule has 186 valence electrons. The van der Waals surface area contributed by atoms with Crippen molar-refractivity contribution in [2.75, 3.05) is 0 Å². The van der Waals surface area contributed by atoms with Gasteiger partial charge in [-0.1, -0.05) is 99.2 Å². The lowest BCUT2D eigenvalue weighted by Crippen LogP contribution is -2.23. The van der Waals surface area contributed by atoms with Gasteiger partial charge in [0.15, 0.2) is 0 Å². The highest BCUT2D eigenvalue weighted by Gasteiger charge is 2.27. The van der Waals surface area contributed by atoms with Crippen LogP contribution < -0.4 is 0 Å². The zero-order valence-corrected chi connectivity index (χ0v) is 20.9. The summed E-state index contributed by atoms with van der Waals surface area (Å²) >= 11 is 0. The Morgan fingerprint density at radius 2 is 1.12 bits per heavy atom. The molecule has 34 heavy (non-hydrogen) atoms. The fraction of sp³-hybridized carbons (Fsp3) is 0.533. The monoisotopic (exact) mass is 466 g/mol. The highest BCUT2D eigenvalue weighted by Crippen LogP contribution is 2.40. The first-order valence-electron chi connectivity index (χ1n) is 12.9. The zero-order valence-electron chi connectivity index (χ0n) is 20.9. The van der Waals surface area contributed by atoms with Crippen LogP contribution in [0.4, 0.5) is 0 Å². The molecular formula is C30H42O4. The molecular weight excluding hydrogens is 424 g/mol. The third-order valence-corrected chi connectivity index (χ3v) is 6.99. The first kappa shape index (κ1) is 27.6. The van der Waals surface area contributed by atoms with Crippen LogP contribution in [0.2, 0.25) is 0 Å². The Balaban J connectivity index is 2.05. The van der Waals surface area contributed by atoms with Crippen LogP contribution in [0, 0.1) is 5.41 Å². The average molecular weight is 467 g/mol. The van der Waals surface area contributed by atoms with Crippen molar-refractivity contribution in [2.24, 2.45) is 5.41 Å². The molecule has 4 nitrogen and oxygen atoms in total. The number of unbranched alkanes of at least 4 members (excludes halogenated alkanes) is 5. The molecule has 2 aromatic carbocycles. The molecule has 2 aromatic rings. The van der Waals surface area contributed by atoms with Crippen molar-refractivity contribution in [1.29, 1.82) is 0 Å². The molecule has 2 rings (SSSR count). The summed E-state index contributed by atoms with van der Waals surface area (Å²) in [6.07, 6.45) is 10.0.